The third-order valence-electron chi connectivity index (χ3n) is 4.56. The number of nitrogens with one attached hydrogen (secondary N) is 1. The fourth-order valence-corrected chi connectivity index (χ4v) is 4.85. The molecule has 0 unspecified atom stereocenters. The van der Waals surface area contributed by atoms with Crippen molar-refractivity contribution in [3.05, 3.63) is 34.3 Å². The Morgan fingerprint density at radius 1 is 1.00 bits per heavy atom. The van der Waals surface area contributed by atoms with E-state index in [4.69, 9.17) is 14.2 Å². The van der Waals surface area contributed by atoms with Crippen molar-refractivity contribution in [2.24, 2.45) is 0 Å². The first-order chi connectivity index (χ1) is 17.0. The number of sulfonamides is 1. The molecule has 0 fully saturated rings. The van der Waals surface area contributed by atoms with E-state index in [0.717, 1.165) is 3.57 Å². The highest BCUT2D eigenvalue weighted by molar-refractivity contribution is 14.1. The van der Waals surface area contributed by atoms with E-state index < -0.39 is 39.0 Å². The molecule has 37 heavy (non-hydrogen) atoms. The number of ether oxygens (including phenoxy) is 3. The maximum Gasteiger partial charge on any atom is 0.420 e. The zero-order valence-electron chi connectivity index (χ0n) is 21.6. The van der Waals surface area contributed by atoms with Crippen molar-refractivity contribution < 1.29 is 32.2 Å². The fraction of sp³-hybridized carbons (Fsp3) is 0.417. The highest BCUT2D eigenvalue weighted by Crippen LogP contribution is 2.32. The van der Waals surface area contributed by atoms with E-state index in [0.29, 0.717) is 22.2 Å². The normalized spacial score (nSPS) is 12.3. The van der Waals surface area contributed by atoms with Crippen LogP contribution in [0, 0.1) is 3.57 Å². The van der Waals surface area contributed by atoms with E-state index >= 15 is 0 Å². The average molecular weight is 644 g/mol. The summed E-state index contributed by atoms with van der Waals surface area (Å²) < 4.78 is 45.5. The van der Waals surface area contributed by atoms with Crippen LogP contribution in [0.15, 0.2) is 30.7 Å². The molecule has 3 aromatic rings. The predicted octanol–water partition coefficient (Wildman–Crippen LogP) is 4.58. The van der Waals surface area contributed by atoms with Crippen LogP contribution in [0.3, 0.4) is 0 Å². The van der Waals surface area contributed by atoms with Crippen LogP contribution >= 0.6 is 22.6 Å². The first kappa shape index (κ1) is 28.6. The highest BCUT2D eigenvalue weighted by Gasteiger charge is 2.25. The second-order valence-corrected chi connectivity index (χ2v) is 13.0. The molecule has 0 atom stereocenters. The van der Waals surface area contributed by atoms with Crippen LogP contribution < -0.4 is 9.46 Å². The number of esters is 1. The summed E-state index contributed by atoms with van der Waals surface area (Å²) in [4.78, 5) is 33.3. The summed E-state index contributed by atoms with van der Waals surface area (Å²) in [6.45, 7) is 10.3. The van der Waals surface area contributed by atoms with Crippen LogP contribution in [-0.4, -0.2) is 59.1 Å². The van der Waals surface area contributed by atoms with Crippen molar-refractivity contribution in [2.75, 3.05) is 17.6 Å². The second-order valence-electron chi connectivity index (χ2n) is 10.2. The number of hydrogen-bond donors (Lipinski definition) is 1. The van der Waals surface area contributed by atoms with Gasteiger partial charge >= 0.3 is 12.1 Å². The molecule has 0 radical (unpaired) electrons. The van der Waals surface area contributed by atoms with Gasteiger partial charge in [-0.1, -0.05) is 0 Å². The number of rotatable bonds is 6. The third kappa shape index (κ3) is 7.53. The van der Waals surface area contributed by atoms with Gasteiger partial charge in [-0.15, -0.1) is 0 Å². The van der Waals surface area contributed by atoms with Gasteiger partial charge in [0, 0.05) is 38.7 Å². The maximum absolute atomic E-state index is 12.6. The van der Waals surface area contributed by atoms with Crippen LogP contribution in [0.25, 0.3) is 22.2 Å². The van der Waals surface area contributed by atoms with E-state index in [1.807, 2.05) is 6.07 Å². The fourth-order valence-electron chi connectivity index (χ4n) is 3.25. The quantitative estimate of drug-likeness (QED) is 0.302. The SMILES string of the molecule is COc1ncc(-c2cnc3c(c2)c(I)cn3C(=O)OC(C)(C)C)cc1NS(=O)(=O)CC(=O)OC(C)(C)C. The number of aromatic nitrogens is 3. The van der Waals surface area contributed by atoms with Gasteiger partial charge in [-0.2, -0.15) is 0 Å². The van der Waals surface area contributed by atoms with Gasteiger partial charge < -0.3 is 14.2 Å². The minimum Gasteiger partial charge on any atom is -0.480 e. The molecule has 3 aromatic heterocycles. The van der Waals surface area contributed by atoms with Gasteiger partial charge in [0.05, 0.1) is 7.11 Å². The second kappa shape index (κ2) is 10.4. The third-order valence-corrected chi connectivity index (χ3v) is 6.56. The van der Waals surface area contributed by atoms with E-state index in [9.17, 15) is 18.0 Å². The Morgan fingerprint density at radius 2 is 1.59 bits per heavy atom. The van der Waals surface area contributed by atoms with E-state index in [2.05, 4.69) is 37.3 Å². The number of halogens is 1. The summed E-state index contributed by atoms with van der Waals surface area (Å²) in [6, 6.07) is 3.34. The van der Waals surface area contributed by atoms with Crippen molar-refractivity contribution in [3.8, 4) is 17.0 Å². The molecule has 11 nitrogen and oxygen atoms in total. The Bertz CT molecular complexity index is 1450. The molecule has 0 spiro atoms. The lowest BCUT2D eigenvalue weighted by Gasteiger charge is -2.19. The number of carbonyl (C=O) groups excluding carboxylic acids is 2. The summed E-state index contributed by atoms with van der Waals surface area (Å²) in [7, 11) is -2.77. The molecule has 0 aromatic carbocycles. The lowest BCUT2D eigenvalue weighted by atomic mass is 10.1. The van der Waals surface area contributed by atoms with E-state index in [1.165, 1.54) is 23.9 Å². The van der Waals surface area contributed by atoms with Crippen molar-refractivity contribution in [3.63, 3.8) is 0 Å². The van der Waals surface area contributed by atoms with Gasteiger partial charge in [-0.05, 0) is 76.3 Å². The maximum atomic E-state index is 12.6. The Labute approximate surface area is 229 Å². The Hall–Kier alpha value is -2.94. The smallest absolute Gasteiger partial charge is 0.420 e. The summed E-state index contributed by atoms with van der Waals surface area (Å²) in [5.41, 5.74) is 0.131. The van der Waals surface area contributed by atoms with Gasteiger partial charge in [-0.25, -0.2) is 27.7 Å². The van der Waals surface area contributed by atoms with Crippen molar-refractivity contribution in [1.82, 2.24) is 14.5 Å². The molecular formula is C24H29IN4O7S. The van der Waals surface area contributed by atoms with Gasteiger partial charge in [0.2, 0.25) is 15.9 Å². The van der Waals surface area contributed by atoms with Crippen LogP contribution in [0.4, 0.5) is 10.5 Å². The highest BCUT2D eigenvalue weighted by atomic mass is 127. The van der Waals surface area contributed by atoms with Crippen LogP contribution in [0.1, 0.15) is 41.5 Å². The molecular weight excluding hydrogens is 615 g/mol. The number of anilines is 1. The Morgan fingerprint density at radius 3 is 2.19 bits per heavy atom. The Balaban J connectivity index is 1.94. The molecule has 0 saturated carbocycles. The summed E-state index contributed by atoms with van der Waals surface area (Å²) in [6.07, 6.45) is 4.14. The number of carbonyl (C=O) groups is 2. The lowest BCUT2D eigenvalue weighted by Crippen LogP contribution is -2.30. The number of hydrogen-bond acceptors (Lipinski definition) is 9. The lowest BCUT2D eigenvalue weighted by molar-refractivity contribution is -0.151. The summed E-state index contributed by atoms with van der Waals surface area (Å²) in [5, 5.41) is 0.701. The zero-order chi connectivity index (χ0) is 27.8. The topological polar surface area (TPSA) is 139 Å². The minimum atomic E-state index is -4.12. The summed E-state index contributed by atoms with van der Waals surface area (Å²) >= 11 is 2.10. The molecule has 0 aliphatic rings. The predicted molar refractivity (Wildman–Crippen MR) is 147 cm³/mol. The van der Waals surface area contributed by atoms with E-state index in [1.54, 1.807) is 53.9 Å². The van der Waals surface area contributed by atoms with Crippen LogP contribution in [0.5, 0.6) is 5.88 Å². The Kier molecular flexibility index (Phi) is 8.08. The molecule has 3 rings (SSSR count). The minimum absolute atomic E-state index is 0.0243. The molecule has 200 valence electrons. The molecule has 0 aliphatic heterocycles. The number of fused-ring (bicyclic) bond motifs is 1. The molecule has 3 heterocycles. The average Bonchev–Trinajstić information content (AvgIpc) is 3.06. The monoisotopic (exact) mass is 644 g/mol. The molecule has 13 heteroatoms. The first-order valence-corrected chi connectivity index (χ1v) is 13.9. The standard InChI is InChI=1S/C24H29IN4O7S/c1-23(2,3)35-19(30)13-37(32,33)28-18-9-15(11-27-21(18)34-7)14-8-16-17(25)12-29(20(16)26-10-14)22(31)36-24(4,5)6/h8-12,28H,13H2,1-7H3. The first-order valence-electron chi connectivity index (χ1n) is 11.1. The zero-order valence-corrected chi connectivity index (χ0v) is 24.6. The number of pyridine rings is 2. The largest absolute Gasteiger partial charge is 0.480 e. The number of nitrogens with zero attached hydrogens (tertiary/aromatic N) is 3. The van der Waals surface area contributed by atoms with Gasteiger partial charge in [0.25, 0.3) is 0 Å². The molecule has 0 amide bonds. The molecule has 1 N–H and O–H groups in total. The van der Waals surface area contributed by atoms with Gasteiger partial charge in [0.1, 0.15) is 16.9 Å². The van der Waals surface area contributed by atoms with Crippen molar-refractivity contribution in [2.45, 2.75) is 52.7 Å². The van der Waals surface area contributed by atoms with Crippen molar-refractivity contribution in [1.29, 1.82) is 0 Å². The molecule has 0 aliphatic carbocycles. The van der Waals surface area contributed by atoms with Gasteiger partial charge in [-0.3, -0.25) is 9.52 Å². The summed E-state index contributed by atoms with van der Waals surface area (Å²) in [5.74, 6) is -1.74. The molecule has 0 bridgehead atoms. The van der Waals surface area contributed by atoms with Crippen LogP contribution in [-0.2, 0) is 24.3 Å². The van der Waals surface area contributed by atoms with E-state index in [-0.39, 0.29) is 11.6 Å². The van der Waals surface area contributed by atoms with Crippen LogP contribution in [0.2, 0.25) is 0 Å². The number of methoxy groups -OCH3 is 1. The molecule has 0 saturated heterocycles. The van der Waals surface area contributed by atoms with Crippen molar-refractivity contribution >= 4 is 61.4 Å². The van der Waals surface area contributed by atoms with Gasteiger partial charge in [0.15, 0.2) is 11.4 Å².